The summed E-state index contributed by atoms with van der Waals surface area (Å²) in [5.74, 6) is -1.16. The van der Waals surface area contributed by atoms with E-state index in [9.17, 15) is 9.59 Å². The molecule has 1 aliphatic heterocycles. The zero-order chi connectivity index (χ0) is 12.3. The number of aliphatic carboxylic acids is 1. The van der Waals surface area contributed by atoms with Gasteiger partial charge in [-0.3, -0.25) is 4.90 Å². The molecule has 0 aliphatic carbocycles. The molecule has 0 saturated carbocycles. The second-order valence-corrected chi connectivity index (χ2v) is 4.63. The van der Waals surface area contributed by atoms with E-state index in [-0.39, 0.29) is 13.0 Å². The summed E-state index contributed by atoms with van der Waals surface area (Å²) in [5.41, 5.74) is 0. The van der Waals surface area contributed by atoms with Crippen LogP contribution in [0.15, 0.2) is 0 Å². The summed E-state index contributed by atoms with van der Waals surface area (Å²) in [7, 11) is 0. The predicted octanol–water partition coefficient (Wildman–Crippen LogP) is 0.856. The van der Waals surface area contributed by atoms with Gasteiger partial charge in [-0.05, 0) is 18.5 Å². The molecule has 1 saturated heterocycles. The number of rotatable bonds is 2. The Bertz CT molecular complexity index is 300. The Morgan fingerprint density at radius 3 is 2.50 bits per heavy atom. The number of hydrogen-bond acceptors (Lipinski definition) is 5. The maximum absolute atomic E-state index is 10.8. The van der Waals surface area contributed by atoms with Gasteiger partial charge in [0.05, 0.1) is 6.54 Å². The van der Waals surface area contributed by atoms with Crippen LogP contribution in [0.1, 0.15) is 6.42 Å². The smallest absolute Gasteiger partial charge is 0.408 e. The van der Waals surface area contributed by atoms with Crippen molar-refractivity contribution >= 4 is 40.4 Å². The third kappa shape index (κ3) is 2.99. The zero-order valence-electron chi connectivity index (χ0n) is 8.45. The lowest BCUT2D eigenvalue weighted by Crippen LogP contribution is -2.39. The lowest BCUT2D eigenvalue weighted by Gasteiger charge is -2.16. The molecular formula is C8H11NO5S2. The molecule has 2 atom stereocenters. The van der Waals surface area contributed by atoms with Crippen molar-refractivity contribution in [1.29, 1.82) is 0 Å². The second-order valence-electron chi connectivity index (χ2n) is 3.22. The molecule has 8 heteroatoms. The Morgan fingerprint density at radius 1 is 1.50 bits per heavy atom. The van der Waals surface area contributed by atoms with Gasteiger partial charge in [-0.2, -0.15) is 0 Å². The van der Waals surface area contributed by atoms with Gasteiger partial charge in [-0.1, -0.05) is 11.8 Å². The summed E-state index contributed by atoms with van der Waals surface area (Å²) in [6.07, 6.45) is 0.134. The van der Waals surface area contributed by atoms with E-state index in [2.05, 4.69) is 0 Å². The third-order valence-corrected chi connectivity index (χ3v) is 3.25. The molecule has 2 N–H and O–H groups in total. The number of thiocarbonyl (C=S) groups is 1. The molecule has 1 fully saturated rings. The number of likely N-dealkylation sites (tertiary alicyclic amines) is 1. The van der Waals surface area contributed by atoms with E-state index in [1.54, 1.807) is 6.26 Å². The molecule has 0 aromatic heterocycles. The van der Waals surface area contributed by atoms with Crippen LogP contribution in [0, 0.1) is 0 Å². The Labute approximate surface area is 102 Å². The van der Waals surface area contributed by atoms with Crippen LogP contribution in [0.3, 0.4) is 0 Å². The highest BCUT2D eigenvalue weighted by Gasteiger charge is 2.41. The Balaban J connectivity index is 2.65. The number of thioether (sulfide) groups is 1. The molecule has 1 heterocycles. The van der Waals surface area contributed by atoms with Crippen molar-refractivity contribution in [1.82, 2.24) is 4.90 Å². The van der Waals surface area contributed by atoms with E-state index in [1.807, 2.05) is 0 Å². The first-order valence-corrected chi connectivity index (χ1v) is 6.06. The van der Waals surface area contributed by atoms with Gasteiger partial charge in [0.15, 0.2) is 0 Å². The summed E-state index contributed by atoms with van der Waals surface area (Å²) in [6.45, 7) is 0.0347. The molecule has 1 amide bonds. The van der Waals surface area contributed by atoms with E-state index >= 15 is 0 Å². The first kappa shape index (κ1) is 13.0. The van der Waals surface area contributed by atoms with Crippen LogP contribution in [-0.4, -0.2) is 56.5 Å². The van der Waals surface area contributed by atoms with Crippen molar-refractivity contribution in [3.63, 3.8) is 0 Å². The number of hydrogen-bond donors (Lipinski definition) is 2. The summed E-state index contributed by atoms with van der Waals surface area (Å²) in [4.78, 5) is 22.5. The number of carboxylic acid groups (broad SMARTS) is 2. The summed E-state index contributed by atoms with van der Waals surface area (Å²) < 4.78 is 5.54. The van der Waals surface area contributed by atoms with Crippen molar-refractivity contribution in [2.75, 3.05) is 12.8 Å². The lowest BCUT2D eigenvalue weighted by molar-refractivity contribution is -0.141. The molecule has 0 radical (unpaired) electrons. The monoisotopic (exact) mass is 265 g/mol. The Hall–Kier alpha value is -1.02. The molecule has 0 spiro atoms. The van der Waals surface area contributed by atoms with Gasteiger partial charge in [0.1, 0.15) is 12.1 Å². The van der Waals surface area contributed by atoms with Crippen LogP contribution < -0.4 is 0 Å². The van der Waals surface area contributed by atoms with E-state index in [1.165, 1.54) is 11.8 Å². The fourth-order valence-electron chi connectivity index (χ4n) is 1.51. The van der Waals surface area contributed by atoms with Crippen LogP contribution >= 0.6 is 24.0 Å². The van der Waals surface area contributed by atoms with E-state index in [0.29, 0.717) is 4.38 Å². The molecule has 0 aromatic carbocycles. The number of nitrogens with zero attached hydrogens (tertiary/aromatic N) is 1. The summed E-state index contributed by atoms with van der Waals surface area (Å²) >= 11 is 6.05. The minimum absolute atomic E-state index is 0.0347. The van der Waals surface area contributed by atoms with Gasteiger partial charge in [0, 0.05) is 6.42 Å². The molecule has 16 heavy (non-hydrogen) atoms. The first-order chi connectivity index (χ1) is 7.45. The normalized spacial score (nSPS) is 24.2. The van der Waals surface area contributed by atoms with Crippen LogP contribution in [-0.2, 0) is 9.53 Å². The maximum Gasteiger partial charge on any atom is 0.408 e. The van der Waals surface area contributed by atoms with Crippen molar-refractivity contribution < 1.29 is 24.5 Å². The van der Waals surface area contributed by atoms with Crippen LogP contribution in [0.4, 0.5) is 4.79 Å². The molecule has 0 unspecified atom stereocenters. The SMILES string of the molecule is CSC(=S)O[C@@H]1C[C@@H](C(=O)O)N(C(=O)O)C1. The second kappa shape index (κ2) is 5.35. The van der Waals surface area contributed by atoms with Crippen molar-refractivity contribution in [2.24, 2.45) is 0 Å². The largest absolute Gasteiger partial charge is 0.480 e. The topological polar surface area (TPSA) is 87.1 Å². The fraction of sp³-hybridized carbons (Fsp3) is 0.625. The van der Waals surface area contributed by atoms with Gasteiger partial charge in [-0.15, -0.1) is 0 Å². The van der Waals surface area contributed by atoms with Gasteiger partial charge >= 0.3 is 12.1 Å². The molecule has 0 aromatic rings. The Kier molecular flexibility index (Phi) is 4.36. The average Bonchev–Trinajstić information content (AvgIpc) is 2.61. The zero-order valence-corrected chi connectivity index (χ0v) is 10.1. The van der Waals surface area contributed by atoms with Gasteiger partial charge in [0.2, 0.25) is 4.38 Å². The van der Waals surface area contributed by atoms with Crippen LogP contribution in [0.2, 0.25) is 0 Å². The number of ether oxygens (including phenoxy) is 1. The van der Waals surface area contributed by atoms with Crippen molar-refractivity contribution in [3.05, 3.63) is 0 Å². The standard InChI is InChI=1S/C8H11NO5S2/c1-16-8(15)14-4-2-5(6(10)11)9(3-4)7(12)13/h4-5H,2-3H2,1H3,(H,10,11)(H,12,13)/t4-,5+/m1/s1. The van der Waals surface area contributed by atoms with Crippen molar-refractivity contribution in [2.45, 2.75) is 18.6 Å². The quantitative estimate of drug-likeness (QED) is 0.716. The van der Waals surface area contributed by atoms with E-state index in [4.69, 9.17) is 27.2 Å². The molecule has 90 valence electrons. The Morgan fingerprint density at radius 2 is 2.12 bits per heavy atom. The van der Waals surface area contributed by atoms with E-state index in [0.717, 1.165) is 4.90 Å². The van der Waals surface area contributed by atoms with Gasteiger partial charge < -0.3 is 14.9 Å². The number of carboxylic acids is 1. The minimum atomic E-state index is -1.26. The van der Waals surface area contributed by atoms with Crippen molar-refractivity contribution in [3.8, 4) is 0 Å². The highest BCUT2D eigenvalue weighted by atomic mass is 32.2. The highest BCUT2D eigenvalue weighted by Crippen LogP contribution is 2.22. The predicted molar refractivity (Wildman–Crippen MR) is 61.8 cm³/mol. The average molecular weight is 265 g/mol. The maximum atomic E-state index is 10.8. The summed E-state index contributed by atoms with van der Waals surface area (Å²) in [5, 5.41) is 17.7. The van der Waals surface area contributed by atoms with Crippen LogP contribution in [0.5, 0.6) is 0 Å². The lowest BCUT2D eigenvalue weighted by atomic mass is 10.2. The molecule has 6 nitrogen and oxygen atoms in total. The van der Waals surface area contributed by atoms with Gasteiger partial charge in [0.25, 0.3) is 0 Å². The molecular weight excluding hydrogens is 254 g/mol. The number of carbonyl (C=O) groups is 2. The summed E-state index contributed by atoms with van der Waals surface area (Å²) in [6, 6.07) is -1.05. The highest BCUT2D eigenvalue weighted by molar-refractivity contribution is 8.22. The minimum Gasteiger partial charge on any atom is -0.480 e. The molecule has 0 bridgehead atoms. The molecule has 1 rings (SSSR count). The van der Waals surface area contributed by atoms with Gasteiger partial charge in [-0.25, -0.2) is 9.59 Å². The third-order valence-electron chi connectivity index (χ3n) is 2.22. The van der Waals surface area contributed by atoms with E-state index < -0.39 is 24.2 Å². The first-order valence-electron chi connectivity index (χ1n) is 4.42. The van der Waals surface area contributed by atoms with Crippen LogP contribution in [0.25, 0.3) is 0 Å². The molecule has 1 aliphatic rings. The fourth-order valence-corrected chi connectivity index (χ4v) is 1.88. The number of amides is 1.